The van der Waals surface area contributed by atoms with Crippen LogP contribution in [0.4, 0.5) is 0 Å². The Morgan fingerprint density at radius 2 is 2.12 bits per heavy atom. The Labute approximate surface area is 155 Å². The molecule has 2 heterocycles. The van der Waals surface area contributed by atoms with Crippen LogP contribution in [0, 0.1) is 0 Å². The topological polar surface area (TPSA) is 52.2 Å². The van der Waals surface area contributed by atoms with E-state index in [9.17, 15) is 4.79 Å². The number of rotatable bonds is 6. The van der Waals surface area contributed by atoms with E-state index in [1.165, 1.54) is 4.68 Å². The van der Waals surface area contributed by atoms with E-state index in [-0.39, 0.29) is 5.56 Å². The van der Waals surface area contributed by atoms with E-state index in [0.717, 1.165) is 36.0 Å². The third-order valence-corrected chi connectivity index (χ3v) is 4.63. The highest BCUT2D eigenvalue weighted by molar-refractivity contribution is 9.10. The largest absolute Gasteiger partial charge is 0.347 e. The number of nitrogens with zero attached hydrogens (tertiary/aromatic N) is 4. The van der Waals surface area contributed by atoms with Gasteiger partial charge in [-0.25, -0.2) is 4.98 Å². The molecule has 0 saturated carbocycles. The average Bonchev–Trinajstić information content (AvgIpc) is 3.07. The minimum absolute atomic E-state index is 0.136. The molecule has 0 saturated heterocycles. The molecule has 25 heavy (non-hydrogen) atoms. The predicted octanol–water partition coefficient (Wildman–Crippen LogP) is 4.21. The molecule has 5 nitrogen and oxygen atoms in total. The fourth-order valence-corrected chi connectivity index (χ4v) is 3.12. The SMILES string of the molecule is CCCCc1nc2ccc(Br)cc2c(=O)n1N=Cc1cccn1CC. The number of halogens is 1. The monoisotopic (exact) mass is 400 g/mol. The lowest BCUT2D eigenvalue weighted by Crippen LogP contribution is -2.22. The fraction of sp³-hybridized carbons (Fsp3) is 0.316. The molecule has 0 bridgehead atoms. The van der Waals surface area contributed by atoms with Crippen LogP contribution in [-0.4, -0.2) is 20.4 Å². The zero-order valence-electron chi connectivity index (χ0n) is 14.4. The van der Waals surface area contributed by atoms with Gasteiger partial charge in [-0.15, -0.1) is 0 Å². The molecule has 130 valence electrons. The van der Waals surface area contributed by atoms with Gasteiger partial charge in [0.25, 0.3) is 5.56 Å². The van der Waals surface area contributed by atoms with Crippen LogP contribution in [0.2, 0.25) is 0 Å². The van der Waals surface area contributed by atoms with Gasteiger partial charge in [0.05, 0.1) is 22.8 Å². The number of benzene rings is 1. The van der Waals surface area contributed by atoms with Crippen LogP contribution in [0.25, 0.3) is 10.9 Å². The zero-order valence-corrected chi connectivity index (χ0v) is 16.0. The van der Waals surface area contributed by atoms with Gasteiger partial charge in [0.15, 0.2) is 0 Å². The van der Waals surface area contributed by atoms with Crippen LogP contribution >= 0.6 is 15.9 Å². The Bertz CT molecular complexity index is 971. The summed E-state index contributed by atoms with van der Waals surface area (Å²) in [5.74, 6) is 0.701. The quantitative estimate of drug-likeness (QED) is 0.582. The van der Waals surface area contributed by atoms with Gasteiger partial charge in [0.1, 0.15) is 5.82 Å². The second kappa shape index (κ2) is 7.78. The molecule has 0 radical (unpaired) electrons. The summed E-state index contributed by atoms with van der Waals surface area (Å²) in [5, 5.41) is 5.04. The minimum Gasteiger partial charge on any atom is -0.347 e. The summed E-state index contributed by atoms with van der Waals surface area (Å²) in [6.45, 7) is 5.05. The number of hydrogen-bond donors (Lipinski definition) is 0. The molecule has 0 aliphatic heterocycles. The lowest BCUT2D eigenvalue weighted by Gasteiger charge is -2.09. The van der Waals surface area contributed by atoms with Crippen molar-refractivity contribution < 1.29 is 0 Å². The first-order valence-corrected chi connectivity index (χ1v) is 9.34. The summed E-state index contributed by atoms with van der Waals surface area (Å²) in [5.41, 5.74) is 1.54. The molecular formula is C19H21BrN4O. The van der Waals surface area contributed by atoms with Gasteiger partial charge in [0, 0.05) is 23.6 Å². The molecule has 0 spiro atoms. The Kier molecular flexibility index (Phi) is 5.48. The van der Waals surface area contributed by atoms with E-state index in [0.29, 0.717) is 16.7 Å². The average molecular weight is 401 g/mol. The number of aromatic nitrogens is 3. The highest BCUT2D eigenvalue weighted by Gasteiger charge is 2.11. The summed E-state index contributed by atoms with van der Waals surface area (Å²) >= 11 is 3.42. The van der Waals surface area contributed by atoms with E-state index >= 15 is 0 Å². The summed E-state index contributed by atoms with van der Waals surface area (Å²) < 4.78 is 4.37. The molecule has 2 aromatic heterocycles. The van der Waals surface area contributed by atoms with Crippen LogP contribution < -0.4 is 5.56 Å². The normalized spacial score (nSPS) is 11.6. The third-order valence-electron chi connectivity index (χ3n) is 4.14. The molecule has 3 rings (SSSR count). The van der Waals surface area contributed by atoms with Crippen molar-refractivity contribution in [2.45, 2.75) is 39.7 Å². The maximum atomic E-state index is 13.0. The van der Waals surface area contributed by atoms with Crippen molar-refractivity contribution in [3.05, 3.63) is 62.9 Å². The lowest BCUT2D eigenvalue weighted by atomic mass is 10.2. The van der Waals surface area contributed by atoms with Crippen LogP contribution in [0.5, 0.6) is 0 Å². The Morgan fingerprint density at radius 3 is 2.88 bits per heavy atom. The van der Waals surface area contributed by atoms with Gasteiger partial charge >= 0.3 is 0 Å². The van der Waals surface area contributed by atoms with Crippen LogP contribution in [-0.2, 0) is 13.0 Å². The van der Waals surface area contributed by atoms with E-state index < -0.39 is 0 Å². The van der Waals surface area contributed by atoms with Crippen LogP contribution in [0.1, 0.15) is 38.2 Å². The van der Waals surface area contributed by atoms with Crippen molar-refractivity contribution in [1.29, 1.82) is 0 Å². The molecule has 0 amide bonds. The van der Waals surface area contributed by atoms with Gasteiger partial charge in [-0.05, 0) is 43.7 Å². The first-order chi connectivity index (χ1) is 12.1. The summed E-state index contributed by atoms with van der Waals surface area (Å²) in [7, 11) is 0. The van der Waals surface area contributed by atoms with Gasteiger partial charge in [-0.2, -0.15) is 9.78 Å². The van der Waals surface area contributed by atoms with E-state index in [1.807, 2.05) is 30.5 Å². The second-order valence-electron chi connectivity index (χ2n) is 5.87. The number of aryl methyl sites for hydroxylation is 2. The van der Waals surface area contributed by atoms with Crippen molar-refractivity contribution in [1.82, 2.24) is 14.2 Å². The van der Waals surface area contributed by atoms with Crippen molar-refractivity contribution in [3.8, 4) is 0 Å². The van der Waals surface area contributed by atoms with E-state index in [1.54, 1.807) is 12.3 Å². The molecule has 0 aliphatic carbocycles. The number of unbranched alkanes of at least 4 members (excludes halogenated alkanes) is 1. The molecule has 6 heteroatoms. The number of fused-ring (bicyclic) bond motifs is 1. The van der Waals surface area contributed by atoms with Crippen molar-refractivity contribution in [2.75, 3.05) is 0 Å². The van der Waals surface area contributed by atoms with Crippen molar-refractivity contribution in [3.63, 3.8) is 0 Å². The van der Waals surface area contributed by atoms with Crippen LogP contribution in [0.15, 0.2) is 50.9 Å². The maximum absolute atomic E-state index is 13.0. The minimum atomic E-state index is -0.136. The molecule has 0 unspecified atom stereocenters. The van der Waals surface area contributed by atoms with E-state index in [2.05, 4.69) is 44.4 Å². The maximum Gasteiger partial charge on any atom is 0.282 e. The highest BCUT2D eigenvalue weighted by Crippen LogP contribution is 2.16. The lowest BCUT2D eigenvalue weighted by molar-refractivity contribution is 0.673. The van der Waals surface area contributed by atoms with Gasteiger partial charge in [-0.1, -0.05) is 29.3 Å². The fourth-order valence-electron chi connectivity index (χ4n) is 2.76. The Balaban J connectivity index is 2.13. The van der Waals surface area contributed by atoms with Crippen molar-refractivity contribution >= 4 is 33.0 Å². The molecule has 0 atom stereocenters. The second-order valence-corrected chi connectivity index (χ2v) is 6.79. The first kappa shape index (κ1) is 17.6. The zero-order chi connectivity index (χ0) is 17.8. The molecular weight excluding hydrogens is 380 g/mol. The highest BCUT2D eigenvalue weighted by atomic mass is 79.9. The summed E-state index contributed by atoms with van der Waals surface area (Å²) in [4.78, 5) is 17.6. The van der Waals surface area contributed by atoms with Crippen molar-refractivity contribution in [2.24, 2.45) is 5.10 Å². The first-order valence-electron chi connectivity index (χ1n) is 8.54. The smallest absolute Gasteiger partial charge is 0.282 e. The molecule has 3 aromatic rings. The van der Waals surface area contributed by atoms with E-state index in [4.69, 9.17) is 0 Å². The van der Waals surface area contributed by atoms with Gasteiger partial charge in [-0.3, -0.25) is 4.79 Å². The predicted molar refractivity (Wildman–Crippen MR) is 105 cm³/mol. The molecule has 0 fully saturated rings. The summed E-state index contributed by atoms with van der Waals surface area (Å²) in [6.07, 6.45) is 6.46. The Hall–Kier alpha value is -2.21. The van der Waals surface area contributed by atoms with Gasteiger partial charge in [0.2, 0.25) is 0 Å². The Morgan fingerprint density at radius 1 is 1.28 bits per heavy atom. The molecule has 0 N–H and O–H groups in total. The van der Waals surface area contributed by atoms with Crippen LogP contribution in [0.3, 0.4) is 0 Å². The third kappa shape index (κ3) is 3.74. The molecule has 0 aliphatic rings. The molecule has 1 aromatic carbocycles. The standard InChI is InChI=1S/C19H21BrN4O/c1-3-5-8-18-22-17-10-9-14(20)12-16(17)19(25)24(18)21-13-15-7-6-11-23(15)4-2/h6-7,9-13H,3-5,8H2,1-2H3. The summed E-state index contributed by atoms with van der Waals surface area (Å²) in [6, 6.07) is 9.53. The number of hydrogen-bond acceptors (Lipinski definition) is 3. The van der Waals surface area contributed by atoms with Gasteiger partial charge < -0.3 is 4.57 Å².